The lowest BCUT2D eigenvalue weighted by Gasteiger charge is -2.42. The van der Waals surface area contributed by atoms with Gasteiger partial charge >= 0.3 is 0 Å². The van der Waals surface area contributed by atoms with Gasteiger partial charge in [0.25, 0.3) is 0 Å². The van der Waals surface area contributed by atoms with Crippen LogP contribution in [-0.2, 0) is 4.74 Å². The normalized spacial score (nSPS) is 27.7. The Labute approximate surface area is 131 Å². The van der Waals surface area contributed by atoms with E-state index in [2.05, 4.69) is 20.9 Å². The molecule has 3 rings (SSSR count). The number of rotatable bonds is 4. The van der Waals surface area contributed by atoms with Crippen LogP contribution in [0.15, 0.2) is 12.1 Å². The Kier molecular flexibility index (Phi) is 5.05. The maximum absolute atomic E-state index is 14.0. The highest BCUT2D eigenvalue weighted by atomic mass is 32.2. The van der Waals surface area contributed by atoms with Gasteiger partial charge in [0.1, 0.15) is 0 Å². The summed E-state index contributed by atoms with van der Waals surface area (Å²) in [4.78, 5) is 0. The van der Waals surface area contributed by atoms with Crippen LogP contribution in [0.25, 0.3) is 0 Å². The molecule has 0 aliphatic carbocycles. The second kappa shape index (κ2) is 6.82. The van der Waals surface area contributed by atoms with Gasteiger partial charge in [0.15, 0.2) is 11.6 Å². The van der Waals surface area contributed by atoms with Gasteiger partial charge in [-0.15, -0.1) is 9.24 Å². The Balaban J connectivity index is 1.83. The lowest BCUT2D eigenvalue weighted by molar-refractivity contribution is -0.0554. The van der Waals surface area contributed by atoms with E-state index in [1.165, 1.54) is 6.07 Å². The summed E-state index contributed by atoms with van der Waals surface area (Å²) in [6.07, 6.45) is 1.06. The molecule has 0 saturated carbocycles. The van der Waals surface area contributed by atoms with Crippen LogP contribution in [0.5, 0.6) is 5.75 Å². The molecule has 0 amide bonds. The molecule has 1 aromatic rings. The molecular weight excluding hydrogens is 308 g/mol. The zero-order valence-electron chi connectivity index (χ0n) is 12.1. The number of benzene rings is 1. The molecular formula is C15H21FNO2PS. The SMILES string of the molecule is CCSNC[C@@H]1OCCC2c3c(P)ccc(F)c3OCC21. The van der Waals surface area contributed by atoms with Crippen molar-refractivity contribution in [3.05, 3.63) is 23.5 Å². The fourth-order valence-electron chi connectivity index (χ4n) is 3.28. The van der Waals surface area contributed by atoms with Gasteiger partial charge in [-0.25, -0.2) is 4.39 Å². The van der Waals surface area contributed by atoms with Crippen molar-refractivity contribution in [2.24, 2.45) is 5.92 Å². The van der Waals surface area contributed by atoms with E-state index in [9.17, 15) is 4.39 Å². The van der Waals surface area contributed by atoms with Crippen molar-refractivity contribution in [1.82, 2.24) is 4.72 Å². The zero-order valence-corrected chi connectivity index (χ0v) is 14.1. The highest BCUT2D eigenvalue weighted by Crippen LogP contribution is 2.44. The fourth-order valence-corrected chi connectivity index (χ4v) is 4.20. The van der Waals surface area contributed by atoms with Crippen molar-refractivity contribution in [2.45, 2.75) is 25.4 Å². The van der Waals surface area contributed by atoms with Crippen molar-refractivity contribution < 1.29 is 13.9 Å². The van der Waals surface area contributed by atoms with Crippen molar-refractivity contribution >= 4 is 26.5 Å². The predicted molar refractivity (Wildman–Crippen MR) is 88.0 cm³/mol. The van der Waals surface area contributed by atoms with Crippen LogP contribution in [0, 0.1) is 11.7 Å². The highest BCUT2D eigenvalue weighted by Gasteiger charge is 2.41. The van der Waals surface area contributed by atoms with Gasteiger partial charge in [-0.2, -0.15) is 0 Å². The number of hydrogen-bond donors (Lipinski definition) is 1. The summed E-state index contributed by atoms with van der Waals surface area (Å²) in [6.45, 7) is 4.18. The van der Waals surface area contributed by atoms with Gasteiger partial charge in [0.2, 0.25) is 0 Å². The van der Waals surface area contributed by atoms with E-state index in [4.69, 9.17) is 9.47 Å². The second-order valence-electron chi connectivity index (χ2n) is 5.44. The minimum atomic E-state index is -0.252. The summed E-state index contributed by atoms with van der Waals surface area (Å²) in [5, 5.41) is 1.04. The molecule has 2 heterocycles. The van der Waals surface area contributed by atoms with Gasteiger partial charge < -0.3 is 9.47 Å². The van der Waals surface area contributed by atoms with E-state index in [1.807, 2.05) is 6.07 Å². The monoisotopic (exact) mass is 329 g/mol. The van der Waals surface area contributed by atoms with Gasteiger partial charge in [0.05, 0.1) is 12.7 Å². The molecule has 6 heteroatoms. The van der Waals surface area contributed by atoms with E-state index < -0.39 is 0 Å². The Morgan fingerprint density at radius 1 is 1.48 bits per heavy atom. The molecule has 0 spiro atoms. The van der Waals surface area contributed by atoms with Crippen molar-refractivity contribution in [3.63, 3.8) is 0 Å². The molecule has 2 aliphatic heterocycles. The van der Waals surface area contributed by atoms with Crippen molar-refractivity contribution in [3.8, 4) is 5.75 Å². The quantitative estimate of drug-likeness (QED) is 0.522. The standard InChI is InChI=1S/C15H21FNO2PS/c1-2-21-17-7-12-10-8-19-15-11(16)3-4-13(20)14(15)9(10)5-6-18-12/h3-4,9-10,12,17H,2,5-8,20H2,1H3/t9?,10?,12-/m0/s1. The predicted octanol–water partition coefficient (Wildman–Crippen LogP) is 2.46. The van der Waals surface area contributed by atoms with E-state index in [1.54, 1.807) is 11.9 Å². The molecule has 1 N–H and O–H groups in total. The minimum absolute atomic E-state index is 0.128. The van der Waals surface area contributed by atoms with Gasteiger partial charge in [0, 0.05) is 30.4 Å². The molecule has 0 radical (unpaired) electrons. The van der Waals surface area contributed by atoms with Crippen LogP contribution >= 0.6 is 21.2 Å². The van der Waals surface area contributed by atoms with Gasteiger partial charge in [-0.1, -0.05) is 24.9 Å². The molecule has 3 nitrogen and oxygen atoms in total. The average Bonchev–Trinajstić information content (AvgIpc) is 2.50. The molecule has 116 valence electrons. The molecule has 3 unspecified atom stereocenters. The number of nitrogens with one attached hydrogen (secondary N) is 1. The zero-order chi connectivity index (χ0) is 14.8. The Hall–Kier alpha value is -0.350. The third kappa shape index (κ3) is 3.07. The van der Waals surface area contributed by atoms with E-state index in [-0.39, 0.29) is 17.8 Å². The third-order valence-electron chi connectivity index (χ3n) is 4.26. The molecule has 1 fully saturated rings. The lowest BCUT2D eigenvalue weighted by Crippen LogP contribution is -2.46. The van der Waals surface area contributed by atoms with Crippen LogP contribution in [0.4, 0.5) is 4.39 Å². The summed E-state index contributed by atoms with van der Waals surface area (Å²) in [7, 11) is 2.71. The number of fused-ring (bicyclic) bond motifs is 3. The molecule has 1 saturated heterocycles. The first-order valence-corrected chi connectivity index (χ1v) is 8.95. The smallest absolute Gasteiger partial charge is 0.165 e. The molecule has 0 aromatic heterocycles. The summed E-state index contributed by atoms with van der Waals surface area (Å²) >= 11 is 1.70. The number of hydrogen-bond acceptors (Lipinski definition) is 4. The van der Waals surface area contributed by atoms with Gasteiger partial charge in [-0.3, -0.25) is 4.72 Å². The summed E-state index contributed by atoms with van der Waals surface area (Å²) in [6, 6.07) is 3.30. The summed E-state index contributed by atoms with van der Waals surface area (Å²) in [5.74, 6) is 1.83. The summed E-state index contributed by atoms with van der Waals surface area (Å²) in [5.41, 5.74) is 1.02. The molecule has 21 heavy (non-hydrogen) atoms. The third-order valence-corrected chi connectivity index (χ3v) is 5.42. The number of halogens is 1. The molecule has 1 aromatic carbocycles. The largest absolute Gasteiger partial charge is 0.490 e. The first-order chi connectivity index (χ1) is 10.2. The highest BCUT2D eigenvalue weighted by molar-refractivity contribution is 7.97. The van der Waals surface area contributed by atoms with Gasteiger partial charge in [-0.05, 0) is 23.7 Å². The maximum atomic E-state index is 14.0. The van der Waals surface area contributed by atoms with Crippen molar-refractivity contribution in [2.75, 3.05) is 25.5 Å². The Bertz CT molecular complexity index is 517. The molecule has 2 aliphatic rings. The first-order valence-electron chi connectivity index (χ1n) is 7.39. The molecule has 4 atom stereocenters. The Morgan fingerprint density at radius 3 is 3.14 bits per heavy atom. The maximum Gasteiger partial charge on any atom is 0.165 e. The average molecular weight is 329 g/mol. The van der Waals surface area contributed by atoms with Crippen LogP contribution in [0.3, 0.4) is 0 Å². The van der Waals surface area contributed by atoms with Crippen LogP contribution in [-0.4, -0.2) is 31.6 Å². The van der Waals surface area contributed by atoms with E-state index >= 15 is 0 Å². The van der Waals surface area contributed by atoms with Crippen LogP contribution < -0.4 is 14.8 Å². The van der Waals surface area contributed by atoms with Crippen LogP contribution in [0.2, 0.25) is 0 Å². The molecule has 0 bridgehead atoms. The van der Waals surface area contributed by atoms with E-state index in [0.29, 0.717) is 18.3 Å². The Morgan fingerprint density at radius 2 is 2.33 bits per heavy atom. The minimum Gasteiger partial charge on any atom is -0.490 e. The first kappa shape index (κ1) is 15.5. The summed E-state index contributed by atoms with van der Waals surface area (Å²) < 4.78 is 29.0. The lowest BCUT2D eigenvalue weighted by atomic mass is 9.77. The number of ether oxygens (including phenoxy) is 2. The fraction of sp³-hybridized carbons (Fsp3) is 0.600. The second-order valence-corrected chi connectivity index (χ2v) is 7.22. The van der Waals surface area contributed by atoms with Crippen molar-refractivity contribution in [1.29, 1.82) is 0 Å². The van der Waals surface area contributed by atoms with Crippen LogP contribution in [0.1, 0.15) is 24.8 Å². The topological polar surface area (TPSA) is 30.5 Å². The van der Waals surface area contributed by atoms with E-state index in [0.717, 1.165) is 36.2 Å².